The third-order valence-electron chi connectivity index (χ3n) is 3.81. The van der Waals surface area contributed by atoms with Crippen molar-refractivity contribution >= 4 is 17.3 Å². The molecule has 1 saturated heterocycles. The zero-order valence-electron chi connectivity index (χ0n) is 12.8. The molecule has 1 aliphatic heterocycles. The summed E-state index contributed by atoms with van der Waals surface area (Å²) in [5, 5.41) is 5.90. The number of carbonyl (C=O) groups excluding carboxylic acids is 1. The Morgan fingerprint density at radius 3 is 2.71 bits per heavy atom. The summed E-state index contributed by atoms with van der Waals surface area (Å²) in [5.74, 6) is -0.510. The zero-order chi connectivity index (χ0) is 15.2. The molecule has 1 aliphatic rings. The van der Waals surface area contributed by atoms with Crippen LogP contribution in [0, 0.1) is 11.7 Å². The number of hydrogen-bond acceptors (Lipinski definition) is 3. The van der Waals surface area contributed by atoms with Crippen LogP contribution in [0.1, 0.15) is 26.7 Å². The lowest BCUT2D eigenvalue weighted by molar-refractivity contribution is -0.119. The first-order valence-corrected chi connectivity index (χ1v) is 7.68. The molecule has 4 nitrogen and oxygen atoms in total. The highest BCUT2D eigenvalue weighted by Gasteiger charge is 2.17. The van der Waals surface area contributed by atoms with Gasteiger partial charge in [-0.1, -0.05) is 13.8 Å². The molecule has 1 unspecified atom stereocenters. The number of halogens is 1. The quantitative estimate of drug-likeness (QED) is 0.847. The zero-order valence-corrected chi connectivity index (χ0v) is 12.8. The Balaban J connectivity index is 1.98. The Kier molecular flexibility index (Phi) is 5.56. The Morgan fingerprint density at radius 1 is 1.38 bits per heavy atom. The lowest BCUT2D eigenvalue weighted by Gasteiger charge is -2.19. The molecule has 5 heteroatoms. The highest BCUT2D eigenvalue weighted by molar-refractivity contribution is 5.92. The van der Waals surface area contributed by atoms with Gasteiger partial charge in [0.2, 0.25) is 5.91 Å². The molecule has 1 atom stereocenters. The Bertz CT molecular complexity index is 486. The number of benzene rings is 1. The van der Waals surface area contributed by atoms with E-state index in [0.29, 0.717) is 17.9 Å². The monoisotopic (exact) mass is 293 g/mol. The summed E-state index contributed by atoms with van der Waals surface area (Å²) < 4.78 is 14.2. The second-order valence-electron chi connectivity index (χ2n) is 5.56. The summed E-state index contributed by atoms with van der Waals surface area (Å²) in [6.45, 7) is 7.11. The van der Waals surface area contributed by atoms with E-state index in [2.05, 4.69) is 15.5 Å². The topological polar surface area (TPSA) is 44.4 Å². The van der Waals surface area contributed by atoms with Gasteiger partial charge < -0.3 is 15.5 Å². The second kappa shape index (κ2) is 7.41. The van der Waals surface area contributed by atoms with Gasteiger partial charge in [-0.25, -0.2) is 4.39 Å². The highest BCUT2D eigenvalue weighted by Crippen LogP contribution is 2.26. The lowest BCUT2D eigenvalue weighted by Crippen LogP contribution is -2.30. The van der Waals surface area contributed by atoms with Crippen LogP contribution in [0.2, 0.25) is 0 Å². The molecule has 0 radical (unpaired) electrons. The summed E-state index contributed by atoms with van der Waals surface area (Å²) in [7, 11) is 0. The number of rotatable bonds is 6. The van der Waals surface area contributed by atoms with Crippen molar-refractivity contribution in [3.05, 3.63) is 24.0 Å². The van der Waals surface area contributed by atoms with E-state index in [9.17, 15) is 9.18 Å². The average Bonchev–Trinajstić information content (AvgIpc) is 2.98. The third kappa shape index (κ3) is 4.17. The fourth-order valence-electron chi connectivity index (χ4n) is 2.52. The fourth-order valence-corrected chi connectivity index (χ4v) is 2.52. The van der Waals surface area contributed by atoms with Crippen molar-refractivity contribution in [1.29, 1.82) is 0 Å². The average molecular weight is 293 g/mol. The Labute approximate surface area is 125 Å². The standard InChI is InChI=1S/C16H24FN3O/c1-3-18-11-12(2)16(21)19-13-6-7-15(14(17)10-13)20-8-4-5-9-20/h6-7,10,12,18H,3-5,8-9,11H2,1-2H3,(H,19,21). The van der Waals surface area contributed by atoms with E-state index < -0.39 is 0 Å². The van der Waals surface area contributed by atoms with Crippen molar-refractivity contribution in [2.75, 3.05) is 36.4 Å². The van der Waals surface area contributed by atoms with Crippen LogP contribution in [0.4, 0.5) is 15.8 Å². The van der Waals surface area contributed by atoms with Gasteiger partial charge >= 0.3 is 0 Å². The highest BCUT2D eigenvalue weighted by atomic mass is 19.1. The van der Waals surface area contributed by atoms with E-state index >= 15 is 0 Å². The molecule has 2 rings (SSSR count). The molecule has 0 saturated carbocycles. The molecule has 1 fully saturated rings. The van der Waals surface area contributed by atoms with Gasteiger partial charge in [0.1, 0.15) is 5.82 Å². The van der Waals surface area contributed by atoms with Gasteiger partial charge in [0.25, 0.3) is 0 Å². The van der Waals surface area contributed by atoms with Crippen LogP contribution in [0.3, 0.4) is 0 Å². The van der Waals surface area contributed by atoms with Crippen molar-refractivity contribution in [2.45, 2.75) is 26.7 Å². The van der Waals surface area contributed by atoms with Crippen LogP contribution in [0.25, 0.3) is 0 Å². The molecule has 116 valence electrons. The first-order chi connectivity index (χ1) is 10.1. The smallest absolute Gasteiger partial charge is 0.228 e. The molecule has 0 bridgehead atoms. The van der Waals surface area contributed by atoms with Crippen molar-refractivity contribution in [1.82, 2.24) is 5.32 Å². The number of nitrogens with zero attached hydrogens (tertiary/aromatic N) is 1. The van der Waals surface area contributed by atoms with Gasteiger partial charge in [-0.2, -0.15) is 0 Å². The molecular formula is C16H24FN3O. The normalized spacial score (nSPS) is 16.0. The molecule has 2 N–H and O–H groups in total. The van der Waals surface area contributed by atoms with E-state index in [4.69, 9.17) is 0 Å². The van der Waals surface area contributed by atoms with Crippen molar-refractivity contribution in [3.63, 3.8) is 0 Å². The van der Waals surface area contributed by atoms with Gasteiger partial charge in [-0.15, -0.1) is 0 Å². The van der Waals surface area contributed by atoms with Crippen LogP contribution >= 0.6 is 0 Å². The van der Waals surface area contributed by atoms with Crippen LogP contribution in [-0.2, 0) is 4.79 Å². The van der Waals surface area contributed by atoms with E-state index in [1.54, 1.807) is 12.1 Å². The summed E-state index contributed by atoms with van der Waals surface area (Å²) in [6, 6.07) is 4.94. The molecule has 1 amide bonds. The van der Waals surface area contributed by atoms with Crippen molar-refractivity contribution in [2.24, 2.45) is 5.92 Å². The third-order valence-corrected chi connectivity index (χ3v) is 3.81. The molecule has 21 heavy (non-hydrogen) atoms. The van der Waals surface area contributed by atoms with Crippen molar-refractivity contribution in [3.8, 4) is 0 Å². The van der Waals surface area contributed by atoms with Crippen LogP contribution in [-0.4, -0.2) is 32.1 Å². The molecule has 0 spiro atoms. The van der Waals surface area contributed by atoms with Gasteiger partial charge in [0, 0.05) is 31.2 Å². The summed E-state index contributed by atoms with van der Waals surface area (Å²) in [4.78, 5) is 14.0. The number of hydrogen-bond donors (Lipinski definition) is 2. The number of nitrogens with one attached hydrogen (secondary N) is 2. The minimum atomic E-state index is -0.269. The SMILES string of the molecule is CCNCC(C)C(=O)Nc1ccc(N2CCCC2)c(F)c1. The molecule has 1 heterocycles. The van der Waals surface area contributed by atoms with Crippen LogP contribution in [0.5, 0.6) is 0 Å². The number of amides is 1. The summed E-state index contributed by atoms with van der Waals surface area (Å²) in [5.41, 5.74) is 1.15. The minimum absolute atomic E-state index is 0.0933. The van der Waals surface area contributed by atoms with E-state index in [-0.39, 0.29) is 17.6 Å². The van der Waals surface area contributed by atoms with Gasteiger partial charge in [0.15, 0.2) is 0 Å². The van der Waals surface area contributed by atoms with Crippen molar-refractivity contribution < 1.29 is 9.18 Å². The van der Waals surface area contributed by atoms with Gasteiger partial charge in [0.05, 0.1) is 5.69 Å². The number of anilines is 2. The van der Waals surface area contributed by atoms with E-state index in [0.717, 1.165) is 32.5 Å². The first kappa shape index (κ1) is 15.8. The second-order valence-corrected chi connectivity index (χ2v) is 5.56. The number of carbonyl (C=O) groups is 1. The van der Waals surface area contributed by atoms with E-state index in [1.165, 1.54) is 6.07 Å². The maximum atomic E-state index is 14.2. The van der Waals surface area contributed by atoms with Crippen LogP contribution in [0.15, 0.2) is 18.2 Å². The predicted molar refractivity (Wildman–Crippen MR) is 84.2 cm³/mol. The maximum Gasteiger partial charge on any atom is 0.228 e. The fraction of sp³-hybridized carbons (Fsp3) is 0.562. The largest absolute Gasteiger partial charge is 0.369 e. The summed E-state index contributed by atoms with van der Waals surface area (Å²) >= 11 is 0. The first-order valence-electron chi connectivity index (χ1n) is 7.68. The predicted octanol–water partition coefficient (Wildman–Crippen LogP) is 2.61. The van der Waals surface area contributed by atoms with Crippen LogP contribution < -0.4 is 15.5 Å². The maximum absolute atomic E-state index is 14.2. The lowest BCUT2D eigenvalue weighted by atomic mass is 10.1. The van der Waals surface area contributed by atoms with Gasteiger partial charge in [-0.05, 0) is 37.6 Å². The minimum Gasteiger partial charge on any atom is -0.369 e. The van der Waals surface area contributed by atoms with E-state index in [1.807, 2.05) is 13.8 Å². The molecule has 1 aromatic carbocycles. The Morgan fingerprint density at radius 2 is 2.10 bits per heavy atom. The molecule has 0 aliphatic carbocycles. The van der Waals surface area contributed by atoms with Gasteiger partial charge in [-0.3, -0.25) is 4.79 Å². The summed E-state index contributed by atoms with van der Waals surface area (Å²) in [6.07, 6.45) is 2.22. The molecule has 1 aromatic rings. The molecule has 0 aromatic heterocycles. The molecular weight excluding hydrogens is 269 g/mol. The Hall–Kier alpha value is -1.62.